The van der Waals surface area contributed by atoms with Crippen LogP contribution in [0.5, 0.6) is 5.75 Å². The highest BCUT2D eigenvalue weighted by Gasteiger charge is 2.44. The summed E-state index contributed by atoms with van der Waals surface area (Å²) >= 11 is 14.1. The number of nitrogens with zero attached hydrogens (tertiary/aromatic N) is 6. The molecule has 0 aliphatic carbocycles. The van der Waals surface area contributed by atoms with Gasteiger partial charge in [0.25, 0.3) is 0 Å². The molecule has 4 N–H and O–H groups in total. The molecule has 3 aromatic heterocycles. The molecule has 3 aliphatic heterocycles. The summed E-state index contributed by atoms with van der Waals surface area (Å²) in [5.74, 6) is -0.555. The average Bonchev–Trinajstić information content (AvgIpc) is 4.10. The van der Waals surface area contributed by atoms with Gasteiger partial charge in [0.15, 0.2) is 11.6 Å². The lowest BCUT2D eigenvalue weighted by atomic mass is 9.85. The number of hydrogen-bond donors (Lipinski definition) is 4. The molecule has 0 spiro atoms. The topological polar surface area (TPSA) is 167 Å². The maximum Gasteiger partial charge on any atom is 0.246 e. The van der Waals surface area contributed by atoms with E-state index < -0.39 is 35.6 Å². The predicted molar refractivity (Wildman–Crippen MR) is 244 cm³/mol. The number of aryl methyl sites for hydroxylation is 1. The number of benzene rings is 2. The molecule has 2 saturated heterocycles. The Bertz CT molecular complexity index is 2510. The summed E-state index contributed by atoms with van der Waals surface area (Å²) in [5.41, 5.74) is 6.11. The predicted octanol–water partition coefficient (Wildman–Crippen LogP) is 7.55. The minimum absolute atomic E-state index is 0.0157. The smallest absolute Gasteiger partial charge is 0.246 e. The van der Waals surface area contributed by atoms with Gasteiger partial charge < -0.3 is 35.6 Å². The number of aromatic nitrogens is 4. The fraction of sp³-hybridized carbons (Fsp3) is 0.435. The van der Waals surface area contributed by atoms with Crippen LogP contribution in [0, 0.1) is 18.2 Å². The zero-order chi connectivity index (χ0) is 45.3. The maximum absolute atomic E-state index is 14.2. The standard InChI is InChI=1S/C46H52Cl2FN9O5S/c1-26-40(64-25-52-26)28-9-7-27(8-10-28)20-51-43(61)35-19-32(59)24-57(35)45(62)41(46(2,3)4)54-37(60)6-5-15-56-16-13-31(14-17-56)58-23-30(22-53-58)29-18-36-42(50-21-29)55-44(63-36)38-33(47)11-12-34(49)39(38)48/h7-12,18,21-23,25,31-32,35,41,44,59H,5-6,13-17,19-20,24H2,1-4H3,(H,50,55)(H,51,61)(H,54,60)/t32-,35+,41-,44+/m1/s1. The van der Waals surface area contributed by atoms with Crippen LogP contribution < -0.4 is 20.7 Å². The molecule has 8 rings (SSSR count). The molecule has 3 amide bonds. The summed E-state index contributed by atoms with van der Waals surface area (Å²) in [6, 6.07) is 10.9. The number of thiazole rings is 1. The van der Waals surface area contributed by atoms with E-state index in [1.807, 2.05) is 74.4 Å². The highest BCUT2D eigenvalue weighted by Crippen LogP contribution is 2.43. The fourth-order valence-corrected chi connectivity index (χ4v) is 9.95. The van der Waals surface area contributed by atoms with Crippen LogP contribution in [0.15, 0.2) is 66.6 Å². The number of carbonyl (C=O) groups excluding carboxylic acids is 3. The van der Waals surface area contributed by atoms with E-state index in [1.54, 1.807) is 23.7 Å². The number of rotatable bonds is 13. The van der Waals surface area contributed by atoms with Crippen LogP contribution in [0.1, 0.15) is 82.0 Å². The van der Waals surface area contributed by atoms with Gasteiger partial charge in [-0.2, -0.15) is 5.10 Å². The molecule has 2 fully saturated rings. The van der Waals surface area contributed by atoms with Crippen LogP contribution in [0.4, 0.5) is 10.2 Å². The van der Waals surface area contributed by atoms with Crippen LogP contribution in [-0.4, -0.2) is 96.7 Å². The van der Waals surface area contributed by atoms with Gasteiger partial charge >= 0.3 is 0 Å². The van der Waals surface area contributed by atoms with Crippen LogP contribution >= 0.6 is 34.5 Å². The number of ether oxygens (including phenoxy) is 1. The molecule has 338 valence electrons. The number of aliphatic hydroxyl groups excluding tert-OH is 1. The fourth-order valence-electron chi connectivity index (χ4n) is 8.57. The lowest BCUT2D eigenvalue weighted by Gasteiger charge is -2.35. The number of pyridine rings is 1. The number of amides is 3. The third-order valence-corrected chi connectivity index (χ3v) is 13.9. The SMILES string of the molecule is Cc1ncsc1-c1ccc(CNC(=O)[C@@H]2C[C@@H](O)CN2C(=O)[C@@H](NC(=O)CCCN2CCC(n3cc(-c4cnc5c(c4)O[C@@H](c4c(Cl)ccc(F)c4Cl)N5)cn3)CC2)C(C)(C)C)cc1. The first-order valence-corrected chi connectivity index (χ1v) is 23.1. The number of piperidine rings is 1. The van der Waals surface area contributed by atoms with Gasteiger partial charge in [-0.1, -0.05) is 68.2 Å². The minimum Gasteiger partial charge on any atom is -0.462 e. The van der Waals surface area contributed by atoms with Crippen molar-refractivity contribution < 1.29 is 28.6 Å². The van der Waals surface area contributed by atoms with Gasteiger partial charge in [0.05, 0.1) is 50.0 Å². The molecule has 3 aliphatic rings. The number of fused-ring (bicyclic) bond motifs is 1. The molecule has 5 aromatic rings. The Morgan fingerprint density at radius 3 is 2.53 bits per heavy atom. The second-order valence-electron chi connectivity index (χ2n) is 17.8. The maximum atomic E-state index is 14.2. The van der Waals surface area contributed by atoms with Crippen molar-refractivity contribution in [3.8, 4) is 27.3 Å². The van der Waals surface area contributed by atoms with E-state index in [2.05, 4.69) is 35.9 Å². The molecule has 0 bridgehead atoms. The molecular weight excluding hydrogens is 881 g/mol. The number of anilines is 1. The van der Waals surface area contributed by atoms with Crippen molar-refractivity contribution in [2.75, 3.05) is 31.5 Å². The summed E-state index contributed by atoms with van der Waals surface area (Å²) in [4.78, 5) is 54.7. The highest BCUT2D eigenvalue weighted by atomic mass is 35.5. The lowest BCUT2D eigenvalue weighted by Crippen LogP contribution is -2.57. The van der Waals surface area contributed by atoms with E-state index in [-0.39, 0.29) is 59.7 Å². The molecule has 14 nitrogen and oxygen atoms in total. The third kappa shape index (κ3) is 10.1. The summed E-state index contributed by atoms with van der Waals surface area (Å²) in [5, 5.41) is 24.5. The Labute approximate surface area is 385 Å². The van der Waals surface area contributed by atoms with E-state index in [4.69, 9.17) is 27.9 Å². The first-order chi connectivity index (χ1) is 30.6. The van der Waals surface area contributed by atoms with Crippen molar-refractivity contribution >= 4 is 58.1 Å². The van der Waals surface area contributed by atoms with E-state index >= 15 is 0 Å². The summed E-state index contributed by atoms with van der Waals surface area (Å²) in [6.07, 6.45) is 6.65. The zero-order valence-electron chi connectivity index (χ0n) is 36.1. The molecule has 0 saturated carbocycles. The third-order valence-electron chi connectivity index (χ3n) is 12.2. The van der Waals surface area contributed by atoms with Crippen LogP contribution in [-0.2, 0) is 20.9 Å². The first-order valence-electron chi connectivity index (χ1n) is 21.5. The molecule has 6 heterocycles. The highest BCUT2D eigenvalue weighted by molar-refractivity contribution is 7.13. The summed E-state index contributed by atoms with van der Waals surface area (Å²) in [6.45, 7) is 10.3. The van der Waals surface area contributed by atoms with Gasteiger partial charge in [-0.3, -0.25) is 19.1 Å². The van der Waals surface area contributed by atoms with Crippen LogP contribution in [0.3, 0.4) is 0 Å². The number of carbonyl (C=O) groups is 3. The van der Waals surface area contributed by atoms with Crippen molar-refractivity contribution in [3.63, 3.8) is 0 Å². The Morgan fingerprint density at radius 2 is 1.81 bits per heavy atom. The van der Waals surface area contributed by atoms with Crippen molar-refractivity contribution in [2.24, 2.45) is 5.41 Å². The minimum atomic E-state index is -0.884. The monoisotopic (exact) mass is 931 g/mol. The number of halogens is 3. The van der Waals surface area contributed by atoms with Gasteiger partial charge in [0.2, 0.25) is 23.9 Å². The molecule has 4 atom stereocenters. The second kappa shape index (κ2) is 19.1. The normalized spacial score (nSPS) is 19.5. The largest absolute Gasteiger partial charge is 0.462 e. The Balaban J connectivity index is 0.791. The average molecular weight is 933 g/mol. The van der Waals surface area contributed by atoms with E-state index in [0.29, 0.717) is 23.6 Å². The van der Waals surface area contributed by atoms with E-state index in [0.717, 1.165) is 65.3 Å². The molecule has 18 heteroatoms. The summed E-state index contributed by atoms with van der Waals surface area (Å²) < 4.78 is 22.2. The van der Waals surface area contributed by atoms with E-state index in [9.17, 15) is 23.9 Å². The molecule has 2 aromatic carbocycles. The van der Waals surface area contributed by atoms with Crippen molar-refractivity contribution in [2.45, 2.75) is 96.8 Å². The quantitative estimate of drug-likeness (QED) is 0.0867. The number of aliphatic hydroxyl groups is 1. The second-order valence-corrected chi connectivity index (χ2v) is 19.4. The number of hydrogen-bond acceptors (Lipinski definition) is 11. The zero-order valence-corrected chi connectivity index (χ0v) is 38.4. The molecule has 0 radical (unpaired) electrons. The molecule has 0 unspecified atom stereocenters. The Kier molecular flexibility index (Phi) is 13.6. The van der Waals surface area contributed by atoms with Crippen molar-refractivity contribution in [1.29, 1.82) is 0 Å². The van der Waals surface area contributed by atoms with Crippen molar-refractivity contribution in [3.05, 3.63) is 99.2 Å². The van der Waals surface area contributed by atoms with Gasteiger partial charge in [-0.25, -0.2) is 14.4 Å². The van der Waals surface area contributed by atoms with Gasteiger partial charge in [0.1, 0.15) is 17.9 Å². The van der Waals surface area contributed by atoms with Crippen LogP contribution in [0.2, 0.25) is 10.0 Å². The van der Waals surface area contributed by atoms with Gasteiger partial charge in [-0.05, 0) is 67.5 Å². The number of nitrogens with one attached hydrogen (secondary N) is 3. The first kappa shape index (κ1) is 45.4. The van der Waals surface area contributed by atoms with Crippen LogP contribution in [0.25, 0.3) is 21.6 Å². The van der Waals surface area contributed by atoms with E-state index in [1.165, 1.54) is 17.0 Å². The lowest BCUT2D eigenvalue weighted by molar-refractivity contribution is -0.144. The summed E-state index contributed by atoms with van der Waals surface area (Å²) in [7, 11) is 0. The number of likely N-dealkylation sites (tertiary alicyclic amines) is 2. The molecule has 64 heavy (non-hydrogen) atoms. The van der Waals surface area contributed by atoms with Gasteiger partial charge in [0, 0.05) is 62.5 Å². The van der Waals surface area contributed by atoms with Crippen molar-refractivity contribution in [1.82, 2.24) is 40.2 Å². The van der Waals surface area contributed by atoms with Gasteiger partial charge in [-0.15, -0.1) is 11.3 Å². The Hall–Kier alpha value is -5.13. The molecular formula is C46H52Cl2FN9O5S. The Morgan fingerprint density at radius 1 is 1.05 bits per heavy atom. The number of β-amino-alcohol motifs (C(OH)–C–C–N with tert-alkyl or cyclic N) is 1.